The standard InChI is InChI=1S/C12H21NO2S/c1-4-6-13-12(3,8-14)9-16-11-5-7-15-10(11)2/h5,7,13-14H,4,6,8-9H2,1-3H3. The molecule has 1 unspecified atom stereocenters. The molecule has 0 radical (unpaired) electrons. The lowest BCUT2D eigenvalue weighted by Crippen LogP contribution is -2.48. The van der Waals surface area contributed by atoms with Crippen molar-refractivity contribution in [3.8, 4) is 0 Å². The van der Waals surface area contributed by atoms with Gasteiger partial charge in [-0.15, -0.1) is 11.8 Å². The molecule has 3 nitrogen and oxygen atoms in total. The van der Waals surface area contributed by atoms with Gasteiger partial charge in [0.2, 0.25) is 0 Å². The first-order chi connectivity index (χ1) is 7.61. The van der Waals surface area contributed by atoms with Crippen LogP contribution in [0.3, 0.4) is 0 Å². The van der Waals surface area contributed by atoms with E-state index >= 15 is 0 Å². The quantitative estimate of drug-likeness (QED) is 0.722. The van der Waals surface area contributed by atoms with Gasteiger partial charge in [0.1, 0.15) is 5.76 Å². The number of hydrogen-bond acceptors (Lipinski definition) is 4. The highest BCUT2D eigenvalue weighted by Crippen LogP contribution is 2.26. The second kappa shape index (κ2) is 6.33. The summed E-state index contributed by atoms with van der Waals surface area (Å²) in [4.78, 5) is 1.15. The maximum Gasteiger partial charge on any atom is 0.114 e. The summed E-state index contributed by atoms with van der Waals surface area (Å²) in [6.07, 6.45) is 2.78. The van der Waals surface area contributed by atoms with Gasteiger partial charge in [0.05, 0.1) is 12.9 Å². The summed E-state index contributed by atoms with van der Waals surface area (Å²) in [5.41, 5.74) is -0.218. The summed E-state index contributed by atoms with van der Waals surface area (Å²) >= 11 is 1.72. The number of furan rings is 1. The predicted octanol–water partition coefficient (Wildman–Crippen LogP) is 2.43. The van der Waals surface area contributed by atoms with Gasteiger partial charge in [-0.05, 0) is 32.9 Å². The zero-order chi connectivity index (χ0) is 12.0. The van der Waals surface area contributed by atoms with Gasteiger partial charge >= 0.3 is 0 Å². The Morgan fingerprint density at radius 3 is 2.81 bits per heavy atom. The molecule has 1 rings (SSSR count). The van der Waals surface area contributed by atoms with Crippen molar-refractivity contribution >= 4 is 11.8 Å². The summed E-state index contributed by atoms with van der Waals surface area (Å²) in [5, 5.41) is 12.8. The van der Waals surface area contributed by atoms with Crippen molar-refractivity contribution in [1.82, 2.24) is 5.32 Å². The van der Waals surface area contributed by atoms with Crippen LogP contribution in [0.15, 0.2) is 21.6 Å². The third-order valence-corrected chi connectivity index (χ3v) is 4.02. The molecule has 1 aromatic heterocycles. The Balaban J connectivity index is 2.47. The van der Waals surface area contributed by atoms with Gasteiger partial charge < -0.3 is 14.8 Å². The Hall–Kier alpha value is -0.450. The number of aliphatic hydroxyl groups excluding tert-OH is 1. The molecule has 4 heteroatoms. The molecule has 92 valence electrons. The molecule has 0 aromatic carbocycles. The molecule has 16 heavy (non-hydrogen) atoms. The van der Waals surface area contributed by atoms with Crippen molar-refractivity contribution in [2.24, 2.45) is 0 Å². The molecule has 1 heterocycles. The molecule has 0 aliphatic rings. The van der Waals surface area contributed by atoms with Crippen LogP contribution in [-0.2, 0) is 0 Å². The minimum absolute atomic E-state index is 0.150. The van der Waals surface area contributed by atoms with Gasteiger partial charge in [0.25, 0.3) is 0 Å². The maximum atomic E-state index is 9.41. The van der Waals surface area contributed by atoms with Crippen molar-refractivity contribution in [3.05, 3.63) is 18.1 Å². The van der Waals surface area contributed by atoms with Gasteiger partial charge in [0, 0.05) is 16.2 Å². The minimum Gasteiger partial charge on any atom is -0.468 e. The fraction of sp³-hybridized carbons (Fsp3) is 0.667. The van der Waals surface area contributed by atoms with Gasteiger partial charge in [-0.3, -0.25) is 0 Å². The molecule has 0 bridgehead atoms. The van der Waals surface area contributed by atoms with Crippen LogP contribution in [0.5, 0.6) is 0 Å². The van der Waals surface area contributed by atoms with Crippen LogP contribution in [0.2, 0.25) is 0 Å². The predicted molar refractivity (Wildman–Crippen MR) is 68.0 cm³/mol. The van der Waals surface area contributed by atoms with Crippen LogP contribution in [0.25, 0.3) is 0 Å². The average Bonchev–Trinajstić information content (AvgIpc) is 2.70. The second-order valence-corrected chi connectivity index (χ2v) is 5.29. The minimum atomic E-state index is -0.218. The highest BCUT2D eigenvalue weighted by molar-refractivity contribution is 7.99. The Morgan fingerprint density at radius 1 is 1.56 bits per heavy atom. The SMILES string of the molecule is CCCNC(C)(CO)CSc1ccoc1C. The van der Waals surface area contributed by atoms with Gasteiger partial charge in [-0.25, -0.2) is 0 Å². The van der Waals surface area contributed by atoms with E-state index in [2.05, 4.69) is 12.2 Å². The molecule has 0 saturated carbocycles. The normalized spacial score (nSPS) is 15.0. The zero-order valence-corrected chi connectivity index (χ0v) is 11.1. The number of aryl methyl sites for hydroxylation is 1. The highest BCUT2D eigenvalue weighted by atomic mass is 32.2. The fourth-order valence-corrected chi connectivity index (χ4v) is 2.41. The van der Waals surface area contributed by atoms with Gasteiger partial charge in [-0.1, -0.05) is 6.92 Å². The molecule has 2 N–H and O–H groups in total. The Bertz CT molecular complexity index is 314. The van der Waals surface area contributed by atoms with Crippen molar-refractivity contribution in [2.75, 3.05) is 18.9 Å². The van der Waals surface area contributed by atoms with E-state index < -0.39 is 0 Å². The van der Waals surface area contributed by atoms with Crippen molar-refractivity contribution in [1.29, 1.82) is 0 Å². The second-order valence-electron chi connectivity index (χ2n) is 4.28. The number of rotatable bonds is 7. The molecular weight excluding hydrogens is 222 g/mol. The van der Waals surface area contributed by atoms with E-state index in [1.54, 1.807) is 18.0 Å². The summed E-state index contributed by atoms with van der Waals surface area (Å²) < 4.78 is 5.24. The number of nitrogens with one attached hydrogen (secondary N) is 1. The molecule has 0 spiro atoms. The van der Waals surface area contributed by atoms with Crippen molar-refractivity contribution in [3.63, 3.8) is 0 Å². The van der Waals surface area contributed by atoms with E-state index in [0.717, 1.165) is 29.4 Å². The van der Waals surface area contributed by atoms with E-state index in [-0.39, 0.29) is 12.1 Å². The Kier molecular flexibility index (Phi) is 5.38. The van der Waals surface area contributed by atoms with Gasteiger partial charge in [-0.2, -0.15) is 0 Å². The van der Waals surface area contributed by atoms with E-state index in [1.165, 1.54) is 0 Å². The lowest BCUT2D eigenvalue weighted by atomic mass is 10.1. The Morgan fingerprint density at radius 2 is 2.31 bits per heavy atom. The highest BCUT2D eigenvalue weighted by Gasteiger charge is 2.22. The number of hydrogen-bond donors (Lipinski definition) is 2. The summed E-state index contributed by atoms with van der Waals surface area (Å²) in [7, 11) is 0. The Labute approximate surface area is 102 Å². The lowest BCUT2D eigenvalue weighted by Gasteiger charge is -2.28. The molecular formula is C12H21NO2S. The fourth-order valence-electron chi connectivity index (χ4n) is 1.34. The van der Waals surface area contributed by atoms with E-state index in [0.29, 0.717) is 0 Å². The third-order valence-electron chi connectivity index (χ3n) is 2.51. The van der Waals surface area contributed by atoms with Crippen molar-refractivity contribution in [2.45, 2.75) is 37.6 Å². The van der Waals surface area contributed by atoms with E-state index in [9.17, 15) is 5.11 Å². The molecule has 0 saturated heterocycles. The number of thioether (sulfide) groups is 1. The molecule has 0 amide bonds. The summed E-state index contributed by atoms with van der Waals surface area (Å²) in [6.45, 7) is 7.21. The average molecular weight is 243 g/mol. The number of aliphatic hydroxyl groups is 1. The monoisotopic (exact) mass is 243 g/mol. The summed E-state index contributed by atoms with van der Waals surface area (Å²) in [5.74, 6) is 1.78. The van der Waals surface area contributed by atoms with E-state index in [1.807, 2.05) is 19.9 Å². The molecule has 0 aliphatic heterocycles. The first kappa shape index (κ1) is 13.6. The zero-order valence-electron chi connectivity index (χ0n) is 10.2. The van der Waals surface area contributed by atoms with Crippen LogP contribution >= 0.6 is 11.8 Å². The molecule has 1 atom stereocenters. The van der Waals surface area contributed by atoms with Crippen LogP contribution in [-0.4, -0.2) is 29.5 Å². The topological polar surface area (TPSA) is 45.4 Å². The van der Waals surface area contributed by atoms with E-state index in [4.69, 9.17) is 4.42 Å². The van der Waals surface area contributed by atoms with Crippen molar-refractivity contribution < 1.29 is 9.52 Å². The van der Waals surface area contributed by atoms with Crippen LogP contribution < -0.4 is 5.32 Å². The first-order valence-corrected chi connectivity index (χ1v) is 6.62. The first-order valence-electron chi connectivity index (χ1n) is 5.64. The molecule has 0 aliphatic carbocycles. The van der Waals surface area contributed by atoms with Crippen LogP contribution in [0, 0.1) is 6.92 Å². The maximum absolute atomic E-state index is 9.41. The molecule has 1 aromatic rings. The summed E-state index contributed by atoms with van der Waals surface area (Å²) in [6, 6.07) is 1.97. The van der Waals surface area contributed by atoms with Crippen LogP contribution in [0.4, 0.5) is 0 Å². The third kappa shape index (κ3) is 3.85. The lowest BCUT2D eigenvalue weighted by molar-refractivity contribution is 0.192. The smallest absolute Gasteiger partial charge is 0.114 e. The van der Waals surface area contributed by atoms with Gasteiger partial charge in [0.15, 0.2) is 0 Å². The molecule has 0 fully saturated rings. The van der Waals surface area contributed by atoms with Crippen LogP contribution in [0.1, 0.15) is 26.0 Å². The largest absolute Gasteiger partial charge is 0.468 e.